The summed E-state index contributed by atoms with van der Waals surface area (Å²) in [6.45, 7) is 2.14. The largest absolute Gasteiger partial charge is 0.454 e. The fourth-order valence-electron chi connectivity index (χ4n) is 4.51. The van der Waals surface area contributed by atoms with Gasteiger partial charge in [0.2, 0.25) is 6.79 Å². The van der Waals surface area contributed by atoms with E-state index in [9.17, 15) is 18.0 Å². The molecule has 0 amide bonds. The molecule has 6 heteroatoms. The summed E-state index contributed by atoms with van der Waals surface area (Å²) in [6, 6.07) is 16.8. The van der Waals surface area contributed by atoms with Gasteiger partial charge in [-0.05, 0) is 65.3 Å². The van der Waals surface area contributed by atoms with Crippen molar-refractivity contribution < 1.29 is 28.9 Å². The number of hydrogen-bond donors (Lipinski definition) is 0. The Morgan fingerprint density at radius 2 is 1.64 bits per heavy atom. The van der Waals surface area contributed by atoms with Gasteiger partial charge in [-0.1, -0.05) is 49.4 Å². The molecule has 1 fully saturated rings. The Kier molecular flexibility index (Phi) is 5.19. The molecule has 3 nitrogen and oxygen atoms in total. The number of Topliss-reactive ketones (excluding diaryl/α,β-unsaturated/α-hetero) is 1. The number of ketones is 1. The van der Waals surface area contributed by atoms with Gasteiger partial charge >= 0.3 is 6.18 Å². The van der Waals surface area contributed by atoms with E-state index in [0.29, 0.717) is 35.5 Å². The van der Waals surface area contributed by atoms with Gasteiger partial charge in [0, 0.05) is 7.85 Å². The van der Waals surface area contributed by atoms with E-state index in [2.05, 4.69) is 0 Å². The average Bonchev–Trinajstić information content (AvgIpc) is 3.49. The van der Waals surface area contributed by atoms with Crippen LogP contribution >= 0.6 is 0 Å². The molecule has 1 aliphatic carbocycles. The molecule has 2 aliphatic rings. The number of rotatable bonds is 6. The molecule has 0 unspecified atom stereocenters. The van der Waals surface area contributed by atoms with Crippen molar-refractivity contribution in [1.82, 2.24) is 0 Å². The zero-order chi connectivity index (χ0) is 23.2. The van der Waals surface area contributed by atoms with Crippen molar-refractivity contribution in [3.63, 3.8) is 0 Å². The minimum atomic E-state index is -4.52. The highest BCUT2D eigenvalue weighted by Gasteiger charge is 2.51. The predicted octanol–water partition coefficient (Wildman–Crippen LogP) is 6.75. The highest BCUT2D eigenvalue weighted by atomic mass is 19.4. The summed E-state index contributed by atoms with van der Waals surface area (Å²) in [7, 11) is 0. The van der Waals surface area contributed by atoms with Crippen molar-refractivity contribution in [3.8, 4) is 22.6 Å². The maximum Gasteiger partial charge on any atom is 0.417 e. The molecule has 0 atom stereocenters. The van der Waals surface area contributed by atoms with Crippen LogP contribution < -0.4 is 9.47 Å². The summed E-state index contributed by atoms with van der Waals surface area (Å²) in [5.41, 5.74) is 1.52. The third kappa shape index (κ3) is 3.99. The minimum absolute atomic E-state index is 0. The van der Waals surface area contributed by atoms with Gasteiger partial charge in [-0.3, -0.25) is 4.79 Å². The molecule has 1 saturated carbocycles. The minimum Gasteiger partial charge on any atom is -0.454 e. The maximum atomic E-state index is 13.9. The van der Waals surface area contributed by atoms with Crippen LogP contribution in [-0.4, -0.2) is 12.6 Å². The number of fused-ring (bicyclic) bond motifs is 1. The van der Waals surface area contributed by atoms with Gasteiger partial charge < -0.3 is 9.47 Å². The summed E-state index contributed by atoms with van der Waals surface area (Å²) >= 11 is 0. The number of carbonyl (C=O) groups excluding carboxylic acids is 1. The second kappa shape index (κ2) is 7.94. The zero-order valence-corrected chi connectivity index (χ0v) is 18.2. The molecule has 3 aromatic rings. The van der Waals surface area contributed by atoms with E-state index in [1.165, 1.54) is 6.07 Å². The molecule has 5 rings (SSSR count). The topological polar surface area (TPSA) is 35.5 Å². The van der Waals surface area contributed by atoms with Gasteiger partial charge in [0.25, 0.3) is 0 Å². The summed E-state index contributed by atoms with van der Waals surface area (Å²) in [6.07, 6.45) is -2.39. The van der Waals surface area contributed by atoms with Crippen LogP contribution in [0.2, 0.25) is 0 Å². The normalized spacial score (nSPS) is 16.0. The molecule has 0 bridgehead atoms. The Labute approximate surface area is 191 Å². The van der Waals surface area contributed by atoms with Crippen LogP contribution in [-0.2, 0) is 29.2 Å². The first-order valence-corrected chi connectivity index (χ1v) is 11.0. The monoisotopic (exact) mass is 454 g/mol. The Morgan fingerprint density at radius 1 is 0.939 bits per heavy atom. The molecule has 33 heavy (non-hydrogen) atoms. The number of ether oxygens (including phenoxy) is 2. The molecule has 3 aromatic carbocycles. The van der Waals surface area contributed by atoms with Crippen molar-refractivity contribution in [3.05, 3.63) is 82.9 Å². The number of halogens is 3. The summed E-state index contributed by atoms with van der Waals surface area (Å²) in [4.78, 5) is 13.2. The second-order valence-corrected chi connectivity index (χ2v) is 8.68. The van der Waals surface area contributed by atoms with Gasteiger partial charge in [0.15, 0.2) is 11.5 Å². The Morgan fingerprint density at radius 3 is 2.30 bits per heavy atom. The second-order valence-electron chi connectivity index (χ2n) is 8.68. The van der Waals surface area contributed by atoms with Gasteiger partial charge in [-0.15, -0.1) is 0 Å². The highest BCUT2D eigenvalue weighted by molar-refractivity contribution is 5.95. The lowest BCUT2D eigenvalue weighted by Gasteiger charge is -2.18. The first kappa shape index (κ1) is 21.6. The SMILES string of the molecule is CCc1ccc(-c2ccc(CC(=O)C3(c4ccc5c(c4)OCO5)CC3)cc2C(F)(F)F)cc1.[HH]. The van der Waals surface area contributed by atoms with Gasteiger partial charge in [-0.2, -0.15) is 13.2 Å². The molecular weight excluding hydrogens is 429 g/mol. The molecule has 0 spiro atoms. The summed E-state index contributed by atoms with van der Waals surface area (Å²) in [5, 5.41) is 0. The smallest absolute Gasteiger partial charge is 0.417 e. The Bertz CT molecular complexity index is 1210. The standard InChI is InChI=1S/C27H23F3O3.H2/c1-2-17-3-6-19(7-4-17)21-9-5-18(13-22(21)27(28,29)30)14-25(31)26(11-12-26)20-8-10-23-24(15-20)33-16-32-23;/h3-10,13,15H,2,11-12,14,16H2,1H3;1H. The molecular formula is C27H25F3O3. The quantitative estimate of drug-likeness (QED) is 0.413. The Hall–Kier alpha value is -3.28. The molecule has 0 N–H and O–H groups in total. The van der Waals surface area contributed by atoms with Crippen LogP contribution in [0.1, 0.15) is 43.4 Å². The van der Waals surface area contributed by atoms with E-state index in [1.54, 1.807) is 24.3 Å². The summed E-state index contributed by atoms with van der Waals surface area (Å²) in [5.74, 6) is 1.17. The lowest BCUT2D eigenvalue weighted by Crippen LogP contribution is -2.22. The van der Waals surface area contributed by atoms with Gasteiger partial charge in [-0.25, -0.2) is 0 Å². The number of aryl methyl sites for hydroxylation is 1. The summed E-state index contributed by atoms with van der Waals surface area (Å²) < 4.78 is 52.5. The molecule has 0 saturated heterocycles. The number of benzene rings is 3. The van der Waals surface area contributed by atoms with Crippen LogP contribution in [0.15, 0.2) is 60.7 Å². The fourth-order valence-corrected chi connectivity index (χ4v) is 4.51. The molecule has 1 heterocycles. The van der Waals surface area contributed by atoms with Crippen molar-refractivity contribution in [2.24, 2.45) is 0 Å². The van der Waals surface area contributed by atoms with Crippen LogP contribution in [0.5, 0.6) is 11.5 Å². The lowest BCUT2D eigenvalue weighted by molar-refractivity contribution is -0.137. The van der Waals surface area contributed by atoms with Gasteiger partial charge in [0.1, 0.15) is 5.78 Å². The van der Waals surface area contributed by atoms with E-state index in [-0.39, 0.29) is 26.0 Å². The van der Waals surface area contributed by atoms with Crippen LogP contribution in [0.25, 0.3) is 11.1 Å². The van der Waals surface area contributed by atoms with Crippen molar-refractivity contribution >= 4 is 5.78 Å². The predicted molar refractivity (Wildman–Crippen MR) is 121 cm³/mol. The van der Waals surface area contributed by atoms with E-state index in [0.717, 1.165) is 23.6 Å². The van der Waals surface area contributed by atoms with Gasteiger partial charge in [0.05, 0.1) is 11.0 Å². The molecule has 1 aliphatic heterocycles. The zero-order valence-electron chi connectivity index (χ0n) is 18.2. The maximum absolute atomic E-state index is 13.9. The number of hydrogen-bond acceptors (Lipinski definition) is 3. The number of carbonyl (C=O) groups is 1. The van der Waals surface area contributed by atoms with Crippen molar-refractivity contribution in [2.75, 3.05) is 6.79 Å². The number of alkyl halides is 3. The van der Waals surface area contributed by atoms with E-state index >= 15 is 0 Å². The average molecular weight is 454 g/mol. The highest BCUT2D eigenvalue weighted by Crippen LogP contribution is 2.51. The lowest BCUT2D eigenvalue weighted by atomic mass is 9.86. The van der Waals surface area contributed by atoms with E-state index < -0.39 is 17.2 Å². The molecule has 0 aromatic heterocycles. The van der Waals surface area contributed by atoms with Crippen molar-refractivity contribution in [1.29, 1.82) is 0 Å². The van der Waals surface area contributed by atoms with Crippen LogP contribution in [0, 0.1) is 0 Å². The van der Waals surface area contributed by atoms with Crippen molar-refractivity contribution in [2.45, 2.75) is 44.2 Å². The first-order valence-electron chi connectivity index (χ1n) is 11.0. The first-order chi connectivity index (χ1) is 15.8. The molecule has 172 valence electrons. The van der Waals surface area contributed by atoms with E-state index in [1.807, 2.05) is 31.2 Å². The van der Waals surface area contributed by atoms with E-state index in [4.69, 9.17) is 9.47 Å². The van der Waals surface area contributed by atoms with Crippen LogP contribution in [0.4, 0.5) is 13.2 Å². The fraction of sp³-hybridized carbons (Fsp3) is 0.296. The third-order valence-electron chi connectivity index (χ3n) is 6.64. The third-order valence-corrected chi connectivity index (χ3v) is 6.64. The van der Waals surface area contributed by atoms with Crippen LogP contribution in [0.3, 0.4) is 0 Å². The molecule has 0 radical (unpaired) electrons. The Balaban J connectivity index is 0.00000274.